The second-order valence-corrected chi connectivity index (χ2v) is 5.70. The van der Waals surface area contributed by atoms with Crippen molar-refractivity contribution >= 4 is 55.1 Å². The maximum absolute atomic E-state index is 11.9. The number of pyridine rings is 1. The minimum absolute atomic E-state index is 0.109. The van der Waals surface area contributed by atoms with Crippen LogP contribution in [0.1, 0.15) is 6.42 Å². The van der Waals surface area contributed by atoms with Crippen molar-refractivity contribution in [2.24, 2.45) is 5.92 Å². The Bertz CT molecular complexity index is 407. The second-order valence-electron chi connectivity index (χ2n) is 3.68. The third kappa shape index (κ3) is 2.26. The number of carbonyl (C=O) groups excluding carboxylic acids is 1. The summed E-state index contributed by atoms with van der Waals surface area (Å²) in [6.07, 6.45) is 3.88. The predicted molar refractivity (Wildman–Crippen MR) is 70.8 cm³/mol. The summed E-state index contributed by atoms with van der Waals surface area (Å²) in [6.45, 7) is 0.670. The number of nitrogens with zero attached hydrogens (tertiary/aromatic N) is 2. The van der Waals surface area contributed by atoms with Gasteiger partial charge in [-0.1, -0.05) is 0 Å². The molecule has 0 aliphatic carbocycles. The average Bonchev–Trinajstić information content (AvgIpc) is 2.60. The molecule has 86 valence electrons. The zero-order valence-corrected chi connectivity index (χ0v) is 12.2. The van der Waals surface area contributed by atoms with E-state index in [-0.39, 0.29) is 11.8 Å². The molecule has 1 aromatic rings. The van der Waals surface area contributed by atoms with Crippen LogP contribution in [-0.4, -0.2) is 23.3 Å². The second kappa shape index (κ2) is 5.02. The lowest BCUT2D eigenvalue weighted by atomic mass is 10.1. The molecule has 1 aliphatic rings. The summed E-state index contributed by atoms with van der Waals surface area (Å²) in [7, 11) is 0. The van der Waals surface area contributed by atoms with Gasteiger partial charge in [-0.05, 0) is 37.8 Å². The van der Waals surface area contributed by atoms with Gasteiger partial charge in [0.25, 0.3) is 0 Å². The number of hydrogen-bond acceptors (Lipinski definition) is 2. The number of aromatic nitrogens is 1. The normalized spacial score (nSPS) is 20.6. The highest BCUT2D eigenvalue weighted by atomic mass is 79.9. The Morgan fingerprint density at radius 2 is 2.06 bits per heavy atom. The van der Waals surface area contributed by atoms with Crippen LogP contribution in [-0.2, 0) is 4.79 Å². The summed E-state index contributed by atoms with van der Waals surface area (Å²) >= 11 is 12.6. The van der Waals surface area contributed by atoms with Crippen molar-refractivity contribution in [3.63, 3.8) is 0 Å². The van der Waals surface area contributed by atoms with Crippen molar-refractivity contribution < 1.29 is 4.79 Å². The molecule has 1 fully saturated rings. The van der Waals surface area contributed by atoms with Crippen molar-refractivity contribution in [3.8, 4) is 0 Å². The number of carbonyl (C=O) groups is 1. The number of anilines is 1. The van der Waals surface area contributed by atoms with E-state index in [1.165, 1.54) is 0 Å². The first-order valence-electron chi connectivity index (χ1n) is 4.78. The van der Waals surface area contributed by atoms with Crippen molar-refractivity contribution in [2.75, 3.05) is 17.3 Å². The number of alkyl halides is 1. The lowest BCUT2D eigenvalue weighted by molar-refractivity contribution is -0.117. The summed E-state index contributed by atoms with van der Waals surface area (Å²) in [5.41, 5.74) is 0.840. The molecule has 1 atom stereocenters. The fourth-order valence-electron chi connectivity index (χ4n) is 1.76. The van der Waals surface area contributed by atoms with Crippen molar-refractivity contribution in [1.82, 2.24) is 4.98 Å². The molecular weight excluding hydrogens is 359 g/mol. The number of hydrogen-bond donors (Lipinski definition) is 0. The molecule has 16 heavy (non-hydrogen) atoms. The molecule has 0 spiro atoms. The fraction of sp³-hybridized carbons (Fsp3) is 0.400. The first-order chi connectivity index (χ1) is 7.63. The Labute approximate surface area is 115 Å². The van der Waals surface area contributed by atoms with E-state index in [0.717, 1.165) is 14.6 Å². The predicted octanol–water partition coefficient (Wildman–Crippen LogP) is 3.20. The van der Waals surface area contributed by atoms with E-state index in [1.54, 1.807) is 17.3 Å². The van der Waals surface area contributed by atoms with Crippen molar-refractivity contribution in [3.05, 3.63) is 21.3 Å². The van der Waals surface area contributed by atoms with E-state index in [0.29, 0.717) is 18.8 Å². The number of rotatable bonds is 2. The van der Waals surface area contributed by atoms with Crippen LogP contribution in [0.15, 0.2) is 21.3 Å². The van der Waals surface area contributed by atoms with Gasteiger partial charge in [-0.2, -0.15) is 0 Å². The SMILES string of the molecule is O=C1CC(CCl)CN1c1c(Br)cncc1Br. The van der Waals surface area contributed by atoms with E-state index < -0.39 is 0 Å². The molecule has 0 saturated carbocycles. The first-order valence-corrected chi connectivity index (χ1v) is 6.91. The summed E-state index contributed by atoms with van der Waals surface area (Å²) < 4.78 is 1.62. The third-order valence-electron chi connectivity index (χ3n) is 2.52. The average molecular weight is 368 g/mol. The van der Waals surface area contributed by atoms with Crippen LogP contribution in [0.4, 0.5) is 5.69 Å². The highest BCUT2D eigenvalue weighted by Gasteiger charge is 2.32. The Morgan fingerprint density at radius 1 is 1.44 bits per heavy atom. The topological polar surface area (TPSA) is 33.2 Å². The fourth-order valence-corrected chi connectivity index (χ4v) is 3.33. The Hall–Kier alpha value is -0.130. The molecule has 1 aliphatic heterocycles. The van der Waals surface area contributed by atoms with Crippen LogP contribution in [0.25, 0.3) is 0 Å². The molecule has 0 aromatic carbocycles. The summed E-state index contributed by atoms with van der Waals surface area (Å²) in [6, 6.07) is 0. The lowest BCUT2D eigenvalue weighted by Gasteiger charge is -2.19. The molecule has 6 heteroatoms. The van der Waals surface area contributed by atoms with Gasteiger partial charge in [-0.15, -0.1) is 11.6 Å². The van der Waals surface area contributed by atoms with Crippen LogP contribution in [0.3, 0.4) is 0 Å². The molecule has 1 amide bonds. The molecule has 1 aromatic heterocycles. The van der Waals surface area contributed by atoms with Gasteiger partial charge in [0.15, 0.2) is 0 Å². The minimum atomic E-state index is 0.109. The van der Waals surface area contributed by atoms with Gasteiger partial charge in [0.2, 0.25) is 5.91 Å². The molecule has 2 rings (SSSR count). The molecular formula is C10H9Br2ClN2O. The highest BCUT2D eigenvalue weighted by molar-refractivity contribution is 9.11. The van der Waals surface area contributed by atoms with E-state index in [2.05, 4.69) is 36.8 Å². The van der Waals surface area contributed by atoms with Gasteiger partial charge < -0.3 is 4.90 Å². The van der Waals surface area contributed by atoms with Crippen LogP contribution >= 0.6 is 43.5 Å². The standard InChI is InChI=1S/C10H9Br2ClN2O/c11-7-3-14-4-8(12)10(7)15-5-6(2-13)1-9(15)16/h3-4,6H,1-2,5H2. The van der Waals surface area contributed by atoms with Crippen LogP contribution < -0.4 is 4.90 Å². The number of amides is 1. The maximum atomic E-state index is 11.9. The Balaban J connectivity index is 2.35. The molecule has 1 unspecified atom stereocenters. The van der Waals surface area contributed by atoms with E-state index in [9.17, 15) is 4.79 Å². The maximum Gasteiger partial charge on any atom is 0.227 e. The molecule has 0 N–H and O–H groups in total. The lowest BCUT2D eigenvalue weighted by Crippen LogP contribution is -2.25. The first kappa shape index (κ1) is 12.3. The third-order valence-corrected chi connectivity index (χ3v) is 4.12. The molecule has 0 radical (unpaired) electrons. The molecule has 2 heterocycles. The van der Waals surface area contributed by atoms with E-state index in [1.807, 2.05) is 0 Å². The quantitative estimate of drug-likeness (QED) is 0.751. The van der Waals surface area contributed by atoms with Gasteiger partial charge in [0, 0.05) is 31.2 Å². The van der Waals surface area contributed by atoms with E-state index >= 15 is 0 Å². The van der Waals surface area contributed by atoms with Gasteiger partial charge in [0.05, 0.1) is 14.6 Å². The number of halogens is 3. The van der Waals surface area contributed by atoms with Gasteiger partial charge in [0.1, 0.15) is 0 Å². The summed E-state index contributed by atoms with van der Waals surface area (Å²) in [5, 5.41) is 0. The van der Waals surface area contributed by atoms with Crippen LogP contribution in [0, 0.1) is 5.92 Å². The van der Waals surface area contributed by atoms with E-state index in [4.69, 9.17) is 11.6 Å². The summed E-state index contributed by atoms with van der Waals surface area (Å²) in [4.78, 5) is 17.6. The van der Waals surface area contributed by atoms with Gasteiger partial charge in [-0.25, -0.2) is 0 Å². The minimum Gasteiger partial charge on any atom is -0.310 e. The zero-order chi connectivity index (χ0) is 11.7. The Kier molecular flexibility index (Phi) is 3.87. The smallest absolute Gasteiger partial charge is 0.227 e. The largest absolute Gasteiger partial charge is 0.310 e. The van der Waals surface area contributed by atoms with Crippen molar-refractivity contribution in [2.45, 2.75) is 6.42 Å². The van der Waals surface area contributed by atoms with Crippen molar-refractivity contribution in [1.29, 1.82) is 0 Å². The molecule has 0 bridgehead atoms. The zero-order valence-electron chi connectivity index (χ0n) is 8.29. The molecule has 3 nitrogen and oxygen atoms in total. The monoisotopic (exact) mass is 366 g/mol. The van der Waals surface area contributed by atoms with Gasteiger partial charge in [-0.3, -0.25) is 9.78 Å². The highest BCUT2D eigenvalue weighted by Crippen LogP contribution is 2.36. The molecule has 1 saturated heterocycles. The van der Waals surface area contributed by atoms with Crippen LogP contribution in [0.2, 0.25) is 0 Å². The summed E-state index contributed by atoms with van der Waals surface area (Å²) in [5.74, 6) is 0.863. The Morgan fingerprint density at radius 3 is 2.56 bits per heavy atom. The van der Waals surface area contributed by atoms with Gasteiger partial charge >= 0.3 is 0 Å². The van der Waals surface area contributed by atoms with Crippen LogP contribution in [0.5, 0.6) is 0 Å².